The van der Waals surface area contributed by atoms with Crippen molar-refractivity contribution in [1.29, 1.82) is 0 Å². The van der Waals surface area contributed by atoms with Gasteiger partial charge in [-0.25, -0.2) is 0 Å². The van der Waals surface area contributed by atoms with Crippen LogP contribution in [0, 0.1) is 40.9 Å². The van der Waals surface area contributed by atoms with Crippen molar-refractivity contribution in [2.24, 2.45) is 29.1 Å². The molecule has 1 rings (SSSR count). The third-order valence-electron chi connectivity index (χ3n) is 4.41. The van der Waals surface area contributed by atoms with Crippen LogP contribution in [0.3, 0.4) is 0 Å². The lowest BCUT2D eigenvalue weighted by molar-refractivity contribution is -0.116. The fourth-order valence-electron chi connectivity index (χ4n) is 3.55. The van der Waals surface area contributed by atoms with E-state index in [0.29, 0.717) is 17.8 Å². The maximum Gasteiger partial charge on any atom is 0.207 e. The Morgan fingerprint density at radius 1 is 1.17 bits per heavy atom. The van der Waals surface area contributed by atoms with Crippen LogP contribution in [-0.4, -0.2) is 5.78 Å². The maximum atomic E-state index is 11.7. The van der Waals surface area contributed by atoms with Crippen LogP contribution in [0.25, 0.3) is 0 Å². The summed E-state index contributed by atoms with van der Waals surface area (Å²) in [6.45, 7) is 12.9. The Hall–Kier alpha value is -0.770. The van der Waals surface area contributed by atoms with Crippen molar-refractivity contribution in [2.45, 2.75) is 60.8 Å². The maximum absolute atomic E-state index is 11.7. The van der Waals surface area contributed by atoms with E-state index in [1.165, 1.54) is 19.3 Å². The van der Waals surface area contributed by atoms with Gasteiger partial charge in [-0.15, -0.1) is 0 Å². The van der Waals surface area contributed by atoms with Crippen LogP contribution >= 0.6 is 0 Å². The molecule has 0 aromatic carbocycles. The molecular weight excluding hydrogens is 220 g/mol. The smallest absolute Gasteiger partial charge is 0.207 e. The second kappa shape index (κ2) is 5.91. The molecule has 1 fully saturated rings. The highest BCUT2D eigenvalue weighted by Gasteiger charge is 2.38. The zero-order valence-corrected chi connectivity index (χ0v) is 12.8. The standard InChI is InChI=1S/C17H28O/c1-12(2)15(18)10-11-17(5,6)16-13(3)8-7-9-14(16)4/h12-14,16H,7-9H2,1-6H3. The van der Waals surface area contributed by atoms with Gasteiger partial charge in [-0.2, -0.15) is 0 Å². The first kappa shape index (κ1) is 15.3. The van der Waals surface area contributed by atoms with E-state index in [9.17, 15) is 4.79 Å². The monoisotopic (exact) mass is 248 g/mol. The highest BCUT2D eigenvalue weighted by Crippen LogP contribution is 2.44. The Morgan fingerprint density at radius 2 is 1.67 bits per heavy atom. The summed E-state index contributed by atoms with van der Waals surface area (Å²) in [5, 5.41) is 0. The minimum absolute atomic E-state index is 0.0227. The molecule has 1 nitrogen and oxygen atoms in total. The summed E-state index contributed by atoms with van der Waals surface area (Å²) in [6.07, 6.45) is 3.95. The number of carbonyl (C=O) groups excluding carboxylic acids is 1. The molecule has 18 heavy (non-hydrogen) atoms. The number of ketones is 1. The predicted octanol–water partition coefficient (Wildman–Crippen LogP) is 4.31. The Labute approximate surface area is 113 Å². The molecule has 1 aliphatic rings. The minimum Gasteiger partial charge on any atom is -0.285 e. The van der Waals surface area contributed by atoms with E-state index in [0.717, 1.165) is 0 Å². The van der Waals surface area contributed by atoms with Crippen LogP contribution in [0.5, 0.6) is 0 Å². The van der Waals surface area contributed by atoms with Gasteiger partial charge in [-0.3, -0.25) is 4.79 Å². The first-order chi connectivity index (χ1) is 8.25. The number of Topliss-reactive ketones (excluding diaryl/α,β-unsaturated/α-hetero) is 1. The number of hydrogen-bond acceptors (Lipinski definition) is 1. The topological polar surface area (TPSA) is 17.1 Å². The van der Waals surface area contributed by atoms with Crippen molar-refractivity contribution in [2.75, 3.05) is 0 Å². The molecule has 0 bridgehead atoms. The van der Waals surface area contributed by atoms with E-state index in [1.807, 2.05) is 13.8 Å². The van der Waals surface area contributed by atoms with Crippen LogP contribution in [0.15, 0.2) is 0 Å². The third-order valence-corrected chi connectivity index (χ3v) is 4.41. The second-order valence-corrected chi connectivity index (χ2v) is 6.90. The molecule has 102 valence electrons. The van der Waals surface area contributed by atoms with E-state index in [2.05, 4.69) is 39.5 Å². The molecule has 0 aromatic rings. The summed E-state index contributed by atoms with van der Waals surface area (Å²) in [7, 11) is 0. The molecule has 0 heterocycles. The number of rotatable bonds is 2. The molecule has 2 unspecified atom stereocenters. The van der Waals surface area contributed by atoms with Crippen LogP contribution in [0.4, 0.5) is 0 Å². The van der Waals surface area contributed by atoms with Crippen molar-refractivity contribution in [3.05, 3.63) is 0 Å². The summed E-state index contributed by atoms with van der Waals surface area (Å²) < 4.78 is 0. The van der Waals surface area contributed by atoms with Gasteiger partial charge >= 0.3 is 0 Å². The number of hydrogen-bond donors (Lipinski definition) is 0. The van der Waals surface area contributed by atoms with E-state index in [-0.39, 0.29) is 17.1 Å². The largest absolute Gasteiger partial charge is 0.285 e. The molecular formula is C17H28O. The Kier molecular flexibility index (Phi) is 5.02. The summed E-state index contributed by atoms with van der Waals surface area (Å²) in [5.41, 5.74) is -0.0518. The highest BCUT2D eigenvalue weighted by molar-refractivity contribution is 5.96. The van der Waals surface area contributed by atoms with Gasteiger partial charge in [0.15, 0.2) is 0 Å². The molecule has 1 heteroatoms. The SMILES string of the molecule is CC(C)C(=O)C#CC(C)(C)C1C(C)CCCC1C. The average Bonchev–Trinajstić information content (AvgIpc) is 2.25. The molecule has 0 aromatic heterocycles. The van der Waals surface area contributed by atoms with Gasteiger partial charge in [0, 0.05) is 11.3 Å². The zero-order valence-electron chi connectivity index (χ0n) is 12.8. The van der Waals surface area contributed by atoms with Gasteiger partial charge in [0.1, 0.15) is 0 Å². The van der Waals surface area contributed by atoms with E-state index in [1.54, 1.807) is 0 Å². The van der Waals surface area contributed by atoms with E-state index >= 15 is 0 Å². The molecule has 2 atom stereocenters. The molecule has 1 aliphatic carbocycles. The Bertz CT molecular complexity index is 344. The van der Waals surface area contributed by atoms with Gasteiger partial charge in [0.25, 0.3) is 0 Å². The minimum atomic E-state index is -0.0518. The summed E-state index contributed by atoms with van der Waals surface area (Å²) in [5.74, 6) is 8.27. The molecule has 0 radical (unpaired) electrons. The molecule has 0 aliphatic heterocycles. The van der Waals surface area contributed by atoms with Crippen molar-refractivity contribution in [3.8, 4) is 11.8 Å². The van der Waals surface area contributed by atoms with E-state index in [4.69, 9.17) is 0 Å². The van der Waals surface area contributed by atoms with Crippen LogP contribution in [-0.2, 0) is 4.79 Å². The third kappa shape index (κ3) is 3.61. The number of carbonyl (C=O) groups is 1. The summed E-state index contributed by atoms with van der Waals surface area (Å²) in [4.78, 5) is 11.7. The van der Waals surface area contributed by atoms with Gasteiger partial charge in [0.2, 0.25) is 5.78 Å². The van der Waals surface area contributed by atoms with Crippen molar-refractivity contribution >= 4 is 5.78 Å². The molecule has 0 saturated heterocycles. The van der Waals surface area contributed by atoms with Gasteiger partial charge in [-0.05, 0) is 37.5 Å². The van der Waals surface area contributed by atoms with Crippen molar-refractivity contribution in [3.63, 3.8) is 0 Å². The highest BCUT2D eigenvalue weighted by atomic mass is 16.1. The Morgan fingerprint density at radius 3 is 2.11 bits per heavy atom. The van der Waals surface area contributed by atoms with Crippen LogP contribution < -0.4 is 0 Å². The lowest BCUT2D eigenvalue weighted by atomic mass is 9.62. The van der Waals surface area contributed by atoms with Crippen molar-refractivity contribution < 1.29 is 4.79 Å². The predicted molar refractivity (Wildman–Crippen MR) is 77.1 cm³/mol. The molecule has 0 N–H and O–H groups in total. The first-order valence-corrected chi connectivity index (χ1v) is 7.32. The average molecular weight is 248 g/mol. The molecule has 1 saturated carbocycles. The fourth-order valence-corrected chi connectivity index (χ4v) is 3.55. The lowest BCUT2D eigenvalue weighted by Gasteiger charge is -2.42. The first-order valence-electron chi connectivity index (χ1n) is 7.32. The van der Waals surface area contributed by atoms with Gasteiger partial charge in [0.05, 0.1) is 0 Å². The van der Waals surface area contributed by atoms with Gasteiger partial charge < -0.3 is 0 Å². The normalized spacial score (nSPS) is 28.7. The van der Waals surface area contributed by atoms with Crippen molar-refractivity contribution in [1.82, 2.24) is 0 Å². The fraction of sp³-hybridized carbons (Fsp3) is 0.824. The quantitative estimate of drug-likeness (QED) is 0.525. The van der Waals surface area contributed by atoms with Crippen LogP contribution in [0.1, 0.15) is 60.8 Å². The summed E-state index contributed by atoms with van der Waals surface area (Å²) in [6, 6.07) is 0. The zero-order chi connectivity index (χ0) is 13.9. The second-order valence-electron chi connectivity index (χ2n) is 6.90. The van der Waals surface area contributed by atoms with E-state index < -0.39 is 0 Å². The lowest BCUT2D eigenvalue weighted by Crippen LogP contribution is -2.36. The van der Waals surface area contributed by atoms with Gasteiger partial charge in [-0.1, -0.05) is 52.9 Å². The summed E-state index contributed by atoms with van der Waals surface area (Å²) >= 11 is 0. The Balaban J connectivity index is 2.87. The molecule has 0 amide bonds. The van der Waals surface area contributed by atoms with Crippen LogP contribution in [0.2, 0.25) is 0 Å². The molecule has 0 spiro atoms.